The van der Waals surface area contributed by atoms with E-state index < -0.39 is 0 Å². The van der Waals surface area contributed by atoms with Gasteiger partial charge in [0.1, 0.15) is 5.78 Å². The van der Waals surface area contributed by atoms with Crippen molar-refractivity contribution in [2.45, 2.75) is 90.0 Å². The number of nitrogens with one attached hydrogen (secondary N) is 1. The second-order valence-corrected chi connectivity index (χ2v) is 12.7. The molecule has 0 aromatic carbocycles. The standard InChI is InChI=1S/C19H38NO2PS2/c1-7-19(6,8-2)23-14-13-20-17(22)10-9-15-24-25-18(4,5)12-11-16(3)21/h23H,7-15H2,1-6H3,(H,20,22). The summed E-state index contributed by atoms with van der Waals surface area (Å²) in [6.07, 6.45) is 6.62. The number of rotatable bonds is 15. The number of amides is 1. The Morgan fingerprint density at radius 1 is 1.08 bits per heavy atom. The van der Waals surface area contributed by atoms with E-state index in [4.69, 9.17) is 0 Å². The fraction of sp³-hybridized carbons (Fsp3) is 0.895. The van der Waals surface area contributed by atoms with E-state index in [0.717, 1.165) is 39.9 Å². The van der Waals surface area contributed by atoms with Gasteiger partial charge in [0, 0.05) is 29.9 Å². The van der Waals surface area contributed by atoms with E-state index in [0.29, 0.717) is 18.0 Å². The van der Waals surface area contributed by atoms with Crippen molar-refractivity contribution in [3.05, 3.63) is 0 Å². The van der Waals surface area contributed by atoms with Crippen molar-refractivity contribution in [3.8, 4) is 0 Å². The fourth-order valence-electron chi connectivity index (χ4n) is 2.17. The van der Waals surface area contributed by atoms with E-state index in [-0.39, 0.29) is 16.4 Å². The van der Waals surface area contributed by atoms with Crippen LogP contribution in [0.4, 0.5) is 0 Å². The zero-order chi connectivity index (χ0) is 19.3. The Morgan fingerprint density at radius 3 is 2.28 bits per heavy atom. The lowest BCUT2D eigenvalue weighted by Crippen LogP contribution is -2.27. The molecule has 0 saturated heterocycles. The largest absolute Gasteiger partial charge is 0.356 e. The average Bonchev–Trinajstić information content (AvgIpc) is 2.56. The lowest BCUT2D eigenvalue weighted by molar-refractivity contribution is -0.121. The fourth-order valence-corrected chi connectivity index (χ4v) is 6.18. The number of carbonyl (C=O) groups is 2. The van der Waals surface area contributed by atoms with Gasteiger partial charge in [0.05, 0.1) is 0 Å². The van der Waals surface area contributed by atoms with Crippen molar-refractivity contribution in [2.75, 3.05) is 18.5 Å². The lowest BCUT2D eigenvalue weighted by Gasteiger charge is -2.26. The first-order valence-electron chi connectivity index (χ1n) is 9.46. The summed E-state index contributed by atoms with van der Waals surface area (Å²) >= 11 is 0. The molecule has 0 radical (unpaired) electrons. The molecule has 25 heavy (non-hydrogen) atoms. The number of hydrogen-bond acceptors (Lipinski definition) is 4. The summed E-state index contributed by atoms with van der Waals surface area (Å²) in [5, 5.41) is 3.51. The summed E-state index contributed by atoms with van der Waals surface area (Å²) in [4.78, 5) is 23.0. The van der Waals surface area contributed by atoms with Crippen LogP contribution in [0.3, 0.4) is 0 Å². The molecule has 3 nitrogen and oxygen atoms in total. The maximum Gasteiger partial charge on any atom is 0.220 e. The minimum atomic E-state index is 0.116. The monoisotopic (exact) mass is 407 g/mol. The minimum Gasteiger partial charge on any atom is -0.356 e. The third-order valence-corrected chi connectivity index (χ3v) is 10.1. The van der Waals surface area contributed by atoms with Crippen LogP contribution >= 0.6 is 30.2 Å². The van der Waals surface area contributed by atoms with Crippen LogP contribution in [0.5, 0.6) is 0 Å². The summed E-state index contributed by atoms with van der Waals surface area (Å²) in [7, 11) is 4.58. The Balaban J connectivity index is 3.69. The molecule has 0 saturated carbocycles. The molecular weight excluding hydrogens is 369 g/mol. The van der Waals surface area contributed by atoms with Crippen LogP contribution in [-0.2, 0) is 9.59 Å². The molecule has 0 bridgehead atoms. The zero-order valence-corrected chi connectivity index (χ0v) is 19.6. The van der Waals surface area contributed by atoms with Gasteiger partial charge in [0.25, 0.3) is 0 Å². The molecule has 0 aliphatic rings. The van der Waals surface area contributed by atoms with Gasteiger partial charge in [-0.2, -0.15) is 0 Å². The van der Waals surface area contributed by atoms with Gasteiger partial charge in [-0.05, 0) is 57.8 Å². The van der Waals surface area contributed by atoms with E-state index >= 15 is 0 Å². The van der Waals surface area contributed by atoms with Crippen molar-refractivity contribution in [2.24, 2.45) is 0 Å². The molecule has 1 N–H and O–H groups in total. The van der Waals surface area contributed by atoms with Crippen LogP contribution in [0.2, 0.25) is 0 Å². The summed E-state index contributed by atoms with van der Waals surface area (Å²) in [6.45, 7) is 13.7. The third-order valence-electron chi connectivity index (χ3n) is 4.55. The zero-order valence-electron chi connectivity index (χ0n) is 17.0. The highest BCUT2D eigenvalue weighted by molar-refractivity contribution is 8.77. The molecule has 1 amide bonds. The van der Waals surface area contributed by atoms with Crippen LogP contribution in [0, 0.1) is 0 Å². The normalized spacial score (nSPS) is 12.7. The van der Waals surface area contributed by atoms with Crippen LogP contribution in [0.15, 0.2) is 0 Å². The molecule has 0 spiro atoms. The van der Waals surface area contributed by atoms with Gasteiger partial charge in [-0.25, -0.2) is 0 Å². The molecule has 148 valence electrons. The second-order valence-electron chi connectivity index (χ2n) is 7.52. The van der Waals surface area contributed by atoms with Crippen molar-refractivity contribution in [1.82, 2.24) is 5.32 Å². The van der Waals surface area contributed by atoms with Gasteiger partial charge in [0.15, 0.2) is 0 Å². The quantitative estimate of drug-likeness (QED) is 0.216. The molecule has 1 atom stereocenters. The SMILES string of the molecule is CCC(C)(CC)PCCNC(=O)CCCSSC(C)(C)CCC(C)=O. The predicted octanol–water partition coefficient (Wildman–Crippen LogP) is 5.67. The number of Topliss-reactive ketones (excluding diaryl/α,β-unsaturated/α-hetero) is 1. The maximum absolute atomic E-state index is 11.9. The Bertz CT molecular complexity index is 399. The van der Waals surface area contributed by atoms with Crippen molar-refractivity contribution < 1.29 is 9.59 Å². The van der Waals surface area contributed by atoms with Crippen molar-refractivity contribution in [3.63, 3.8) is 0 Å². The third kappa shape index (κ3) is 14.0. The maximum atomic E-state index is 11.9. The number of ketones is 1. The van der Waals surface area contributed by atoms with E-state index in [2.05, 4.69) is 39.9 Å². The smallest absolute Gasteiger partial charge is 0.220 e. The van der Waals surface area contributed by atoms with E-state index in [1.54, 1.807) is 6.92 Å². The topological polar surface area (TPSA) is 46.2 Å². The van der Waals surface area contributed by atoms with Gasteiger partial charge in [0.2, 0.25) is 5.91 Å². The van der Waals surface area contributed by atoms with Crippen LogP contribution in [0.1, 0.15) is 80.1 Å². The van der Waals surface area contributed by atoms with Crippen LogP contribution in [-0.4, -0.2) is 40.1 Å². The lowest BCUT2D eigenvalue weighted by atomic mass is 10.1. The van der Waals surface area contributed by atoms with Gasteiger partial charge in [-0.15, -0.1) is 8.58 Å². The molecule has 0 aromatic heterocycles. The summed E-state index contributed by atoms with van der Waals surface area (Å²) in [5.41, 5.74) is 0. The first kappa shape index (κ1) is 25.3. The molecule has 0 aromatic rings. The van der Waals surface area contributed by atoms with Gasteiger partial charge >= 0.3 is 0 Å². The Labute approximate surface area is 165 Å². The first-order chi connectivity index (χ1) is 11.6. The van der Waals surface area contributed by atoms with E-state index in [1.807, 2.05) is 21.6 Å². The van der Waals surface area contributed by atoms with Gasteiger partial charge in [-0.3, -0.25) is 4.79 Å². The Hall–Kier alpha value is 0.270. The molecule has 0 aliphatic carbocycles. The molecule has 6 heteroatoms. The van der Waals surface area contributed by atoms with Crippen molar-refractivity contribution in [1.29, 1.82) is 0 Å². The van der Waals surface area contributed by atoms with Crippen molar-refractivity contribution >= 4 is 41.9 Å². The predicted molar refractivity (Wildman–Crippen MR) is 118 cm³/mol. The second kappa shape index (κ2) is 13.4. The molecule has 0 heterocycles. The number of hydrogen-bond donors (Lipinski definition) is 1. The summed E-state index contributed by atoms with van der Waals surface area (Å²) in [6, 6.07) is 0. The molecule has 1 unspecified atom stereocenters. The highest BCUT2D eigenvalue weighted by Gasteiger charge is 2.20. The first-order valence-corrected chi connectivity index (χ1v) is 13.0. The van der Waals surface area contributed by atoms with Gasteiger partial charge in [-0.1, -0.05) is 42.4 Å². The van der Waals surface area contributed by atoms with Gasteiger partial charge < -0.3 is 10.1 Å². The molecule has 0 fully saturated rings. The highest BCUT2D eigenvalue weighted by atomic mass is 33.1. The number of carbonyl (C=O) groups excluding carboxylic acids is 2. The summed E-state index contributed by atoms with van der Waals surface area (Å²) in [5.74, 6) is 1.42. The van der Waals surface area contributed by atoms with E-state index in [9.17, 15) is 9.59 Å². The Morgan fingerprint density at radius 2 is 1.72 bits per heavy atom. The molecule has 0 rings (SSSR count). The Kier molecular flexibility index (Phi) is 13.6. The van der Waals surface area contributed by atoms with Crippen LogP contribution < -0.4 is 5.32 Å². The average molecular weight is 408 g/mol. The molecule has 0 aliphatic heterocycles. The summed E-state index contributed by atoms with van der Waals surface area (Å²) < 4.78 is 0.116. The highest BCUT2D eigenvalue weighted by Crippen LogP contribution is 2.39. The molecular formula is C19H38NO2PS2. The minimum absolute atomic E-state index is 0.116. The van der Waals surface area contributed by atoms with Crippen LogP contribution in [0.25, 0.3) is 0 Å². The van der Waals surface area contributed by atoms with E-state index in [1.165, 1.54) is 12.8 Å².